The zero-order chi connectivity index (χ0) is 12.3. The average Bonchev–Trinajstić information content (AvgIpc) is 2.36. The van der Waals surface area contributed by atoms with Gasteiger partial charge in [0.25, 0.3) is 0 Å². The molecule has 0 fully saturated rings. The lowest BCUT2D eigenvalue weighted by molar-refractivity contribution is 0.390. The second-order valence-electron chi connectivity index (χ2n) is 4.52. The molecule has 0 bridgehead atoms. The molecule has 1 aliphatic rings. The zero-order valence-electron chi connectivity index (χ0n) is 10.2. The van der Waals surface area contributed by atoms with Gasteiger partial charge in [-0.15, -0.1) is 0 Å². The Morgan fingerprint density at radius 1 is 1.24 bits per heavy atom. The van der Waals surface area contributed by atoms with Crippen LogP contribution in [0.25, 0.3) is 0 Å². The summed E-state index contributed by atoms with van der Waals surface area (Å²) in [5.74, 6) is 0.283. The Kier molecular flexibility index (Phi) is 3.84. The molecule has 0 saturated heterocycles. The summed E-state index contributed by atoms with van der Waals surface area (Å²) >= 11 is 0. The van der Waals surface area contributed by atoms with Crippen molar-refractivity contribution in [3.63, 3.8) is 0 Å². The van der Waals surface area contributed by atoms with Crippen molar-refractivity contribution in [2.75, 3.05) is 12.3 Å². The van der Waals surface area contributed by atoms with Crippen molar-refractivity contribution >= 4 is 10.0 Å². The molecule has 0 atom stereocenters. The molecule has 1 heterocycles. The zero-order valence-corrected chi connectivity index (χ0v) is 11.0. The van der Waals surface area contributed by atoms with Crippen LogP contribution < -0.4 is 0 Å². The number of sulfonamides is 1. The lowest BCUT2D eigenvalue weighted by Crippen LogP contribution is -2.37. The number of hydrogen-bond acceptors (Lipinski definition) is 2. The lowest BCUT2D eigenvalue weighted by Gasteiger charge is -2.28. The minimum Gasteiger partial charge on any atom is -0.212 e. The van der Waals surface area contributed by atoms with Crippen LogP contribution in [0.4, 0.5) is 0 Å². The first kappa shape index (κ1) is 12.6. The molecule has 94 valence electrons. The predicted molar refractivity (Wildman–Crippen MR) is 69.3 cm³/mol. The molecular formula is C13H19NO2S. The van der Waals surface area contributed by atoms with Crippen molar-refractivity contribution in [1.82, 2.24) is 4.31 Å². The van der Waals surface area contributed by atoms with Crippen molar-refractivity contribution in [3.8, 4) is 0 Å². The first-order valence-corrected chi connectivity index (χ1v) is 7.79. The van der Waals surface area contributed by atoms with Gasteiger partial charge in [0.1, 0.15) is 0 Å². The fourth-order valence-corrected chi connectivity index (χ4v) is 3.78. The summed E-state index contributed by atoms with van der Waals surface area (Å²) in [5.41, 5.74) is 2.44. The summed E-state index contributed by atoms with van der Waals surface area (Å²) < 4.78 is 25.8. The Morgan fingerprint density at radius 2 is 1.94 bits per heavy atom. The van der Waals surface area contributed by atoms with Crippen molar-refractivity contribution in [3.05, 3.63) is 35.4 Å². The van der Waals surface area contributed by atoms with Crippen LogP contribution >= 0.6 is 0 Å². The molecule has 17 heavy (non-hydrogen) atoms. The highest BCUT2D eigenvalue weighted by molar-refractivity contribution is 7.89. The Hall–Kier alpha value is -0.870. The van der Waals surface area contributed by atoms with Crippen LogP contribution in [0.2, 0.25) is 0 Å². The number of fused-ring (bicyclic) bond motifs is 1. The van der Waals surface area contributed by atoms with Crippen LogP contribution in [-0.4, -0.2) is 25.0 Å². The molecule has 0 radical (unpaired) electrons. The molecule has 0 amide bonds. The Bertz CT molecular complexity index is 482. The van der Waals surface area contributed by atoms with Gasteiger partial charge in [-0.25, -0.2) is 8.42 Å². The minimum atomic E-state index is -3.05. The largest absolute Gasteiger partial charge is 0.214 e. The molecule has 1 aromatic rings. The fourth-order valence-electron chi connectivity index (χ4n) is 2.16. The van der Waals surface area contributed by atoms with Gasteiger partial charge in [0.15, 0.2) is 0 Å². The summed E-state index contributed by atoms with van der Waals surface area (Å²) in [4.78, 5) is 0. The van der Waals surface area contributed by atoms with Gasteiger partial charge in [0.05, 0.1) is 5.75 Å². The maximum atomic E-state index is 12.1. The van der Waals surface area contributed by atoms with Crippen LogP contribution in [0.5, 0.6) is 0 Å². The summed E-state index contributed by atoms with van der Waals surface area (Å²) in [6, 6.07) is 8.10. The number of rotatable bonds is 4. The standard InChI is InChI=1S/C13H19NO2S/c1-2-3-10-17(15,16)14-9-8-12-6-4-5-7-13(12)11-14/h4-7H,2-3,8-11H2,1H3. The molecule has 0 spiro atoms. The van der Waals surface area contributed by atoms with Gasteiger partial charge < -0.3 is 0 Å². The van der Waals surface area contributed by atoms with Crippen LogP contribution in [0, 0.1) is 0 Å². The maximum Gasteiger partial charge on any atom is 0.214 e. The van der Waals surface area contributed by atoms with Gasteiger partial charge in [-0.3, -0.25) is 0 Å². The van der Waals surface area contributed by atoms with Gasteiger partial charge in [-0.2, -0.15) is 4.31 Å². The third-order valence-electron chi connectivity index (χ3n) is 3.24. The highest BCUT2D eigenvalue weighted by Crippen LogP contribution is 2.21. The SMILES string of the molecule is CCCCS(=O)(=O)N1CCc2ccccc2C1. The smallest absolute Gasteiger partial charge is 0.212 e. The van der Waals surface area contributed by atoms with Gasteiger partial charge in [0, 0.05) is 13.1 Å². The molecule has 4 heteroatoms. The van der Waals surface area contributed by atoms with E-state index in [1.165, 1.54) is 5.56 Å². The molecular weight excluding hydrogens is 234 g/mol. The number of nitrogens with zero attached hydrogens (tertiary/aromatic N) is 1. The van der Waals surface area contributed by atoms with E-state index in [0.717, 1.165) is 24.8 Å². The maximum absolute atomic E-state index is 12.1. The topological polar surface area (TPSA) is 37.4 Å². The highest BCUT2D eigenvalue weighted by Gasteiger charge is 2.25. The van der Waals surface area contributed by atoms with E-state index in [9.17, 15) is 8.42 Å². The van der Waals surface area contributed by atoms with Crippen molar-refractivity contribution in [2.45, 2.75) is 32.7 Å². The summed E-state index contributed by atoms with van der Waals surface area (Å²) in [6.45, 7) is 3.19. The summed E-state index contributed by atoms with van der Waals surface area (Å²) in [5, 5.41) is 0. The van der Waals surface area contributed by atoms with E-state index in [4.69, 9.17) is 0 Å². The van der Waals surface area contributed by atoms with Gasteiger partial charge >= 0.3 is 0 Å². The number of hydrogen-bond donors (Lipinski definition) is 0. The first-order chi connectivity index (χ1) is 8.13. The molecule has 1 aliphatic heterocycles. The molecule has 0 aromatic heterocycles. The fraction of sp³-hybridized carbons (Fsp3) is 0.538. The summed E-state index contributed by atoms with van der Waals surface area (Å²) in [7, 11) is -3.05. The first-order valence-electron chi connectivity index (χ1n) is 6.18. The molecule has 1 aromatic carbocycles. The monoisotopic (exact) mass is 253 g/mol. The lowest BCUT2D eigenvalue weighted by atomic mass is 10.0. The number of benzene rings is 1. The van der Waals surface area contributed by atoms with Crippen LogP contribution in [0.1, 0.15) is 30.9 Å². The molecule has 0 N–H and O–H groups in total. The van der Waals surface area contributed by atoms with Crippen LogP contribution in [0.15, 0.2) is 24.3 Å². The van der Waals surface area contributed by atoms with E-state index >= 15 is 0 Å². The third-order valence-corrected chi connectivity index (χ3v) is 5.15. The second kappa shape index (κ2) is 5.19. The number of unbranched alkanes of at least 4 members (excludes halogenated alkanes) is 1. The molecule has 3 nitrogen and oxygen atoms in total. The Morgan fingerprint density at radius 3 is 2.65 bits per heavy atom. The molecule has 0 aliphatic carbocycles. The minimum absolute atomic E-state index is 0.283. The van der Waals surface area contributed by atoms with E-state index < -0.39 is 10.0 Å². The van der Waals surface area contributed by atoms with E-state index in [-0.39, 0.29) is 5.75 Å². The van der Waals surface area contributed by atoms with Crippen molar-refractivity contribution in [2.24, 2.45) is 0 Å². The van der Waals surface area contributed by atoms with Gasteiger partial charge in [-0.1, -0.05) is 37.6 Å². The van der Waals surface area contributed by atoms with E-state index in [2.05, 4.69) is 6.07 Å². The highest BCUT2D eigenvalue weighted by atomic mass is 32.2. The average molecular weight is 253 g/mol. The quantitative estimate of drug-likeness (QED) is 0.824. The summed E-state index contributed by atoms with van der Waals surface area (Å²) in [6.07, 6.45) is 2.51. The van der Waals surface area contributed by atoms with E-state index in [1.807, 2.05) is 25.1 Å². The second-order valence-corrected chi connectivity index (χ2v) is 6.61. The van der Waals surface area contributed by atoms with Crippen molar-refractivity contribution < 1.29 is 8.42 Å². The predicted octanol–water partition coefficient (Wildman–Crippen LogP) is 2.17. The third kappa shape index (κ3) is 2.87. The molecule has 0 unspecified atom stereocenters. The van der Waals surface area contributed by atoms with Gasteiger partial charge in [-0.05, 0) is 24.0 Å². The molecule has 2 rings (SSSR count). The molecule has 0 saturated carbocycles. The van der Waals surface area contributed by atoms with E-state index in [1.54, 1.807) is 4.31 Å². The normalized spacial score (nSPS) is 16.8. The van der Waals surface area contributed by atoms with Crippen LogP contribution in [0.3, 0.4) is 0 Å². The Balaban J connectivity index is 2.12. The van der Waals surface area contributed by atoms with Gasteiger partial charge in [0.2, 0.25) is 10.0 Å². The van der Waals surface area contributed by atoms with E-state index in [0.29, 0.717) is 13.1 Å². The Labute approximate surface area is 104 Å². The van der Waals surface area contributed by atoms with Crippen LogP contribution in [-0.2, 0) is 23.0 Å². The van der Waals surface area contributed by atoms with Crippen molar-refractivity contribution in [1.29, 1.82) is 0 Å².